The fraction of sp³-hybridized carbons (Fsp3) is 0.789. The number of aliphatic imine (C=N–C) groups is 1. The SMILES string of the molecule is CCNC(=NCc1noc(C)n1)NC1CC2CCC(C1)N2C(=O)OC(C)(C)C.I. The summed E-state index contributed by atoms with van der Waals surface area (Å²) in [6, 6.07) is 0.698. The number of nitrogens with zero attached hydrogens (tertiary/aromatic N) is 4. The van der Waals surface area contributed by atoms with Gasteiger partial charge in [-0.15, -0.1) is 24.0 Å². The molecular formula is C19H33IN6O3. The van der Waals surface area contributed by atoms with Crippen LogP contribution in [0.3, 0.4) is 0 Å². The Labute approximate surface area is 189 Å². The Morgan fingerprint density at radius 1 is 1.31 bits per heavy atom. The van der Waals surface area contributed by atoms with Crippen LogP contribution in [0.2, 0.25) is 0 Å². The van der Waals surface area contributed by atoms with Crippen molar-refractivity contribution < 1.29 is 14.1 Å². The lowest BCUT2D eigenvalue weighted by molar-refractivity contribution is 0.00545. The normalized spacial score (nSPS) is 24.1. The van der Waals surface area contributed by atoms with E-state index in [1.807, 2.05) is 32.6 Å². The summed E-state index contributed by atoms with van der Waals surface area (Å²) in [6.07, 6.45) is 3.64. The standard InChI is InChI=1S/C19H32N6O3.HI/c1-6-20-17(21-11-16-22-12(2)28-24-16)23-13-9-14-7-8-15(10-13)25(14)18(26)27-19(3,4)5;/h13-15H,6-11H2,1-5H3,(H2,20,21,23);1H. The van der Waals surface area contributed by atoms with E-state index in [1.165, 1.54) is 0 Å². The van der Waals surface area contributed by atoms with Crippen molar-refractivity contribution in [2.45, 2.75) is 90.6 Å². The molecule has 9 nitrogen and oxygen atoms in total. The molecule has 2 aliphatic heterocycles. The smallest absolute Gasteiger partial charge is 0.410 e. The van der Waals surface area contributed by atoms with E-state index in [1.54, 1.807) is 6.92 Å². The predicted molar refractivity (Wildman–Crippen MR) is 120 cm³/mol. The third-order valence-corrected chi connectivity index (χ3v) is 4.97. The predicted octanol–water partition coefficient (Wildman–Crippen LogP) is 2.98. The first-order chi connectivity index (χ1) is 13.2. The van der Waals surface area contributed by atoms with Gasteiger partial charge in [0.2, 0.25) is 5.89 Å². The van der Waals surface area contributed by atoms with Gasteiger partial charge in [-0.25, -0.2) is 9.79 Å². The van der Waals surface area contributed by atoms with Crippen molar-refractivity contribution in [3.8, 4) is 0 Å². The van der Waals surface area contributed by atoms with Crippen molar-refractivity contribution in [1.82, 2.24) is 25.7 Å². The number of amides is 1. The number of nitrogens with one attached hydrogen (secondary N) is 2. The second-order valence-electron chi connectivity index (χ2n) is 8.51. The van der Waals surface area contributed by atoms with Crippen LogP contribution in [0.4, 0.5) is 4.79 Å². The highest BCUT2D eigenvalue weighted by atomic mass is 127. The number of ether oxygens (including phenoxy) is 1. The number of carbonyl (C=O) groups is 1. The van der Waals surface area contributed by atoms with Crippen LogP contribution in [0.5, 0.6) is 0 Å². The molecule has 1 aromatic heterocycles. The lowest BCUT2D eigenvalue weighted by Crippen LogP contribution is -2.55. The Bertz CT molecular complexity index is 703. The number of rotatable bonds is 4. The molecule has 2 atom stereocenters. The van der Waals surface area contributed by atoms with Crippen molar-refractivity contribution in [2.75, 3.05) is 6.54 Å². The lowest BCUT2D eigenvalue weighted by atomic mass is 9.98. The molecule has 0 saturated carbocycles. The fourth-order valence-electron chi connectivity index (χ4n) is 3.98. The minimum atomic E-state index is -0.468. The number of hydrogen-bond acceptors (Lipinski definition) is 6. The monoisotopic (exact) mass is 520 g/mol. The van der Waals surface area contributed by atoms with Crippen LogP contribution < -0.4 is 10.6 Å². The van der Waals surface area contributed by atoms with Gasteiger partial charge in [-0.05, 0) is 53.4 Å². The summed E-state index contributed by atoms with van der Waals surface area (Å²) in [4.78, 5) is 23.3. The van der Waals surface area contributed by atoms with Gasteiger partial charge in [0.15, 0.2) is 11.8 Å². The summed E-state index contributed by atoms with van der Waals surface area (Å²) in [6.45, 7) is 10.6. The van der Waals surface area contributed by atoms with Crippen molar-refractivity contribution >= 4 is 36.0 Å². The van der Waals surface area contributed by atoms with Crippen LogP contribution in [0.1, 0.15) is 65.1 Å². The first kappa shape index (κ1) is 23.7. The largest absolute Gasteiger partial charge is 0.444 e. The van der Waals surface area contributed by atoms with Gasteiger partial charge in [0, 0.05) is 31.6 Å². The number of halogens is 1. The van der Waals surface area contributed by atoms with Gasteiger partial charge in [0.25, 0.3) is 0 Å². The Morgan fingerprint density at radius 3 is 2.48 bits per heavy atom. The quantitative estimate of drug-likeness (QED) is 0.357. The molecule has 2 saturated heterocycles. The third kappa shape index (κ3) is 6.45. The maximum absolute atomic E-state index is 12.6. The molecule has 2 N–H and O–H groups in total. The highest BCUT2D eigenvalue weighted by Gasteiger charge is 2.45. The van der Waals surface area contributed by atoms with Crippen molar-refractivity contribution in [1.29, 1.82) is 0 Å². The molecule has 3 heterocycles. The number of aryl methyl sites for hydroxylation is 1. The molecule has 3 rings (SSSR count). The van der Waals surface area contributed by atoms with Gasteiger partial charge in [-0.2, -0.15) is 4.98 Å². The molecule has 0 spiro atoms. The van der Waals surface area contributed by atoms with E-state index < -0.39 is 5.60 Å². The van der Waals surface area contributed by atoms with Crippen LogP contribution in [-0.4, -0.2) is 57.4 Å². The highest BCUT2D eigenvalue weighted by molar-refractivity contribution is 14.0. The number of carbonyl (C=O) groups excluding carboxylic acids is 1. The lowest BCUT2D eigenvalue weighted by Gasteiger charge is -2.40. The van der Waals surface area contributed by atoms with E-state index in [2.05, 4.69) is 25.8 Å². The Hall–Kier alpha value is -1.59. The zero-order valence-corrected chi connectivity index (χ0v) is 20.2. The number of guanidine groups is 1. The first-order valence-electron chi connectivity index (χ1n) is 10.1. The number of fused-ring (bicyclic) bond motifs is 2. The minimum Gasteiger partial charge on any atom is -0.444 e. The van der Waals surface area contributed by atoms with Crippen LogP contribution in [0.25, 0.3) is 0 Å². The Morgan fingerprint density at radius 2 is 1.97 bits per heavy atom. The number of aromatic nitrogens is 2. The van der Waals surface area contributed by atoms with Gasteiger partial charge < -0.3 is 24.8 Å². The van der Waals surface area contributed by atoms with E-state index in [9.17, 15) is 4.79 Å². The molecule has 164 valence electrons. The summed E-state index contributed by atoms with van der Waals surface area (Å²) in [5, 5.41) is 10.7. The average molecular weight is 520 g/mol. The van der Waals surface area contributed by atoms with E-state index in [0.717, 1.165) is 38.2 Å². The zero-order valence-electron chi connectivity index (χ0n) is 17.9. The van der Waals surface area contributed by atoms with Gasteiger partial charge in [0.05, 0.1) is 0 Å². The Balaban J connectivity index is 0.00000300. The second-order valence-corrected chi connectivity index (χ2v) is 8.51. The van der Waals surface area contributed by atoms with Crippen molar-refractivity contribution in [3.63, 3.8) is 0 Å². The molecule has 2 fully saturated rings. The van der Waals surface area contributed by atoms with E-state index in [4.69, 9.17) is 9.26 Å². The summed E-state index contributed by atoms with van der Waals surface area (Å²) in [5.41, 5.74) is -0.468. The van der Waals surface area contributed by atoms with Crippen molar-refractivity contribution in [3.05, 3.63) is 11.7 Å². The molecule has 1 aromatic rings. The van der Waals surface area contributed by atoms with E-state index in [-0.39, 0.29) is 48.2 Å². The molecule has 10 heteroatoms. The number of hydrogen-bond donors (Lipinski definition) is 2. The van der Waals surface area contributed by atoms with Gasteiger partial charge in [0.1, 0.15) is 12.1 Å². The first-order valence-corrected chi connectivity index (χ1v) is 10.1. The molecular weight excluding hydrogens is 487 g/mol. The second kappa shape index (κ2) is 9.94. The van der Waals surface area contributed by atoms with Crippen LogP contribution in [0.15, 0.2) is 9.52 Å². The molecule has 2 unspecified atom stereocenters. The van der Waals surface area contributed by atoms with Gasteiger partial charge in [-0.1, -0.05) is 5.16 Å². The summed E-state index contributed by atoms with van der Waals surface area (Å²) in [5.74, 6) is 1.84. The van der Waals surface area contributed by atoms with Crippen LogP contribution in [-0.2, 0) is 11.3 Å². The van der Waals surface area contributed by atoms with Gasteiger partial charge in [-0.3, -0.25) is 0 Å². The van der Waals surface area contributed by atoms with Gasteiger partial charge >= 0.3 is 6.09 Å². The molecule has 29 heavy (non-hydrogen) atoms. The maximum Gasteiger partial charge on any atom is 0.410 e. The Kier molecular flexibility index (Phi) is 8.12. The van der Waals surface area contributed by atoms with E-state index in [0.29, 0.717) is 18.3 Å². The molecule has 2 bridgehead atoms. The molecule has 0 radical (unpaired) electrons. The van der Waals surface area contributed by atoms with Crippen molar-refractivity contribution in [2.24, 2.45) is 4.99 Å². The zero-order chi connectivity index (χ0) is 20.3. The fourth-order valence-corrected chi connectivity index (χ4v) is 3.98. The summed E-state index contributed by atoms with van der Waals surface area (Å²) < 4.78 is 10.6. The summed E-state index contributed by atoms with van der Waals surface area (Å²) >= 11 is 0. The third-order valence-electron chi connectivity index (χ3n) is 4.97. The molecule has 1 amide bonds. The van der Waals surface area contributed by atoms with Crippen LogP contribution in [0, 0.1) is 6.92 Å². The van der Waals surface area contributed by atoms with Crippen LogP contribution >= 0.6 is 24.0 Å². The maximum atomic E-state index is 12.6. The molecule has 0 aliphatic carbocycles. The number of piperidine rings is 1. The van der Waals surface area contributed by atoms with E-state index >= 15 is 0 Å². The topological polar surface area (TPSA) is 105 Å². The highest BCUT2D eigenvalue weighted by Crippen LogP contribution is 2.36. The average Bonchev–Trinajstić information content (AvgIpc) is 3.12. The summed E-state index contributed by atoms with van der Waals surface area (Å²) in [7, 11) is 0. The molecule has 2 aliphatic rings. The molecule has 0 aromatic carbocycles. The minimum absolute atomic E-state index is 0.